The van der Waals surface area contributed by atoms with Crippen LogP contribution >= 0.6 is 0 Å². The number of phenolic OH excluding ortho intramolecular Hbond substituents is 1. The lowest BCUT2D eigenvalue weighted by molar-refractivity contribution is -0.0454. The third-order valence-electron chi connectivity index (χ3n) is 10.6. The van der Waals surface area contributed by atoms with Gasteiger partial charge in [-0.1, -0.05) is 19.1 Å². The number of fused-ring (bicyclic) bond motifs is 1. The summed E-state index contributed by atoms with van der Waals surface area (Å²) in [6, 6.07) is 9.69. The van der Waals surface area contributed by atoms with Crippen LogP contribution in [0, 0.1) is 12.8 Å². The number of carbonyl (C=O) groups is 1. The Morgan fingerprint density at radius 3 is 2.71 bits per heavy atom. The molecule has 214 valence electrons. The molecule has 8 heteroatoms. The van der Waals surface area contributed by atoms with Crippen LogP contribution in [-0.4, -0.2) is 67.4 Å². The fourth-order valence-electron chi connectivity index (χ4n) is 8.72. The lowest BCUT2D eigenvalue weighted by Crippen LogP contribution is -2.64. The van der Waals surface area contributed by atoms with Crippen molar-refractivity contribution in [1.82, 2.24) is 14.3 Å². The molecule has 1 unspecified atom stereocenters. The molecule has 2 aliphatic heterocycles. The van der Waals surface area contributed by atoms with Crippen LogP contribution in [0.15, 0.2) is 61.1 Å². The Morgan fingerprint density at radius 2 is 1.95 bits per heavy atom. The molecule has 0 saturated carbocycles. The number of nitrogens with zero attached hydrogens (tertiary/aromatic N) is 3. The number of carboxylic acid groups (broad SMARTS) is 1. The molecule has 42 heavy (non-hydrogen) atoms. The number of likely N-dealkylation sites (tertiary alicyclic amines) is 1. The van der Waals surface area contributed by atoms with Gasteiger partial charge in [0.15, 0.2) is 11.5 Å². The van der Waals surface area contributed by atoms with Crippen molar-refractivity contribution in [2.45, 2.75) is 56.3 Å². The average Bonchev–Trinajstić information content (AvgIpc) is 3.56. The molecule has 3 aromatic heterocycles. The van der Waals surface area contributed by atoms with Gasteiger partial charge in [-0.05, 0) is 85.9 Å². The van der Waals surface area contributed by atoms with Crippen LogP contribution in [0.3, 0.4) is 0 Å². The number of aromatic hydroxyl groups is 1. The van der Waals surface area contributed by atoms with Gasteiger partial charge in [-0.25, -0.2) is 4.79 Å². The minimum atomic E-state index is -0.967. The third-order valence-corrected chi connectivity index (χ3v) is 10.6. The predicted octanol–water partition coefficient (Wildman–Crippen LogP) is 4.67. The molecular formula is C34H33N3O5. The Kier molecular flexibility index (Phi) is 5.29. The highest BCUT2D eigenvalue weighted by atomic mass is 16.5. The standard InChI is InChI=1S/C34H33N3O5/c1-17(30-18(2)23(33(40)41)13-21-12-20(16-37(21)30)19-6-9-35-10-7-19)22-15-28(39)31-29-24(22)14-26-25-4-5-27(38)32(42-31)34(25,29)8-11-36(26)3/h4-7,9-10,12-13,15-17,25-27,32,38-39H,8,11,14H2,1-3H3,(H,40,41)/t17?,25-,26+,27-,32-,34-/m0/s1. The number of ether oxygens (including phenoxy) is 1. The van der Waals surface area contributed by atoms with Gasteiger partial charge >= 0.3 is 5.97 Å². The van der Waals surface area contributed by atoms with E-state index in [1.807, 2.05) is 37.3 Å². The normalized spacial score (nSPS) is 28.0. The van der Waals surface area contributed by atoms with Crippen LogP contribution in [0.2, 0.25) is 0 Å². The van der Waals surface area contributed by atoms with Crippen molar-refractivity contribution >= 4 is 11.5 Å². The Labute approximate surface area is 243 Å². The van der Waals surface area contributed by atoms with E-state index in [0.29, 0.717) is 11.3 Å². The summed E-state index contributed by atoms with van der Waals surface area (Å²) in [5.74, 6) is -0.442. The molecule has 0 radical (unpaired) electrons. The molecular weight excluding hydrogens is 530 g/mol. The molecule has 2 aliphatic carbocycles. The summed E-state index contributed by atoms with van der Waals surface area (Å²) >= 11 is 0. The molecule has 1 aromatic carbocycles. The molecule has 1 fully saturated rings. The highest BCUT2D eigenvalue weighted by Crippen LogP contribution is 2.63. The molecule has 6 atom stereocenters. The summed E-state index contributed by atoms with van der Waals surface area (Å²) in [7, 11) is 2.17. The van der Waals surface area contributed by atoms with E-state index < -0.39 is 23.6 Å². The molecule has 3 N–H and O–H groups in total. The zero-order chi connectivity index (χ0) is 29.1. The van der Waals surface area contributed by atoms with Gasteiger partial charge in [-0.2, -0.15) is 0 Å². The van der Waals surface area contributed by atoms with Crippen LogP contribution in [0.25, 0.3) is 16.6 Å². The van der Waals surface area contributed by atoms with Crippen LogP contribution in [-0.2, 0) is 11.8 Å². The number of likely N-dealkylation sites (N-methyl/N-ethyl adjacent to an activating group) is 1. The molecule has 8 rings (SSSR count). The van der Waals surface area contributed by atoms with Crippen molar-refractivity contribution in [1.29, 1.82) is 0 Å². The SMILES string of the molecule is Cc1c(C(=O)O)cc2cc(-c3ccncc3)cn2c1C(C)c1cc(O)c2c3c1C[C@@H]1[C@@H]4C=C[C@H](O)[C@H](O2)[C@]34CCN1C. The summed E-state index contributed by atoms with van der Waals surface area (Å²) in [6.07, 6.45) is 10.0. The van der Waals surface area contributed by atoms with Crippen molar-refractivity contribution in [3.05, 3.63) is 94.6 Å². The minimum absolute atomic E-state index is 0.0796. The van der Waals surface area contributed by atoms with Gasteiger partial charge in [-0.3, -0.25) is 4.98 Å². The highest BCUT2D eigenvalue weighted by molar-refractivity contribution is 5.92. The number of phenols is 1. The number of benzene rings is 1. The van der Waals surface area contributed by atoms with Gasteiger partial charge in [0, 0.05) is 64.2 Å². The summed E-state index contributed by atoms with van der Waals surface area (Å²) < 4.78 is 8.54. The van der Waals surface area contributed by atoms with E-state index >= 15 is 0 Å². The van der Waals surface area contributed by atoms with E-state index in [1.165, 1.54) is 0 Å². The molecule has 2 bridgehead atoms. The summed E-state index contributed by atoms with van der Waals surface area (Å²) in [4.78, 5) is 19.0. The first-order valence-corrected chi connectivity index (χ1v) is 14.6. The number of hydrogen-bond acceptors (Lipinski definition) is 6. The van der Waals surface area contributed by atoms with Crippen molar-refractivity contribution in [3.8, 4) is 22.6 Å². The van der Waals surface area contributed by atoms with Gasteiger partial charge in [0.25, 0.3) is 0 Å². The number of pyridine rings is 2. The number of carboxylic acids is 1. The van der Waals surface area contributed by atoms with Crippen LogP contribution in [0.5, 0.6) is 11.5 Å². The van der Waals surface area contributed by atoms with E-state index in [-0.39, 0.29) is 29.2 Å². The first-order valence-electron chi connectivity index (χ1n) is 14.6. The molecule has 1 spiro atoms. The second kappa shape index (κ2) is 8.69. The zero-order valence-electron chi connectivity index (χ0n) is 23.8. The summed E-state index contributed by atoms with van der Waals surface area (Å²) in [5, 5.41) is 32.7. The quantitative estimate of drug-likeness (QED) is 0.310. The summed E-state index contributed by atoms with van der Waals surface area (Å²) in [6.45, 7) is 4.87. The zero-order valence-corrected chi connectivity index (χ0v) is 23.8. The number of piperidine rings is 1. The number of aromatic nitrogens is 2. The maximum absolute atomic E-state index is 12.4. The number of aliphatic hydroxyl groups excluding tert-OH is 1. The van der Waals surface area contributed by atoms with Crippen LogP contribution in [0.4, 0.5) is 0 Å². The minimum Gasteiger partial charge on any atom is -0.504 e. The fourth-order valence-corrected chi connectivity index (χ4v) is 8.72. The number of aliphatic hydroxyl groups is 1. The van der Waals surface area contributed by atoms with E-state index in [9.17, 15) is 20.1 Å². The maximum atomic E-state index is 12.4. The first kappa shape index (κ1) is 25.6. The van der Waals surface area contributed by atoms with Gasteiger partial charge in [0.2, 0.25) is 0 Å². The maximum Gasteiger partial charge on any atom is 0.336 e. The molecule has 5 heterocycles. The predicted molar refractivity (Wildman–Crippen MR) is 157 cm³/mol. The molecule has 4 aromatic rings. The Hall–Kier alpha value is -4.14. The van der Waals surface area contributed by atoms with E-state index in [1.54, 1.807) is 18.5 Å². The van der Waals surface area contributed by atoms with Gasteiger partial charge < -0.3 is 29.4 Å². The van der Waals surface area contributed by atoms with E-state index in [0.717, 1.165) is 58.4 Å². The number of rotatable bonds is 4. The van der Waals surface area contributed by atoms with Crippen molar-refractivity contribution in [2.75, 3.05) is 13.6 Å². The van der Waals surface area contributed by atoms with Gasteiger partial charge in [-0.15, -0.1) is 0 Å². The largest absolute Gasteiger partial charge is 0.504 e. The molecule has 4 aliphatic rings. The molecule has 8 nitrogen and oxygen atoms in total. The van der Waals surface area contributed by atoms with Crippen molar-refractivity contribution < 1.29 is 24.9 Å². The number of hydrogen-bond donors (Lipinski definition) is 3. The second-order valence-corrected chi connectivity index (χ2v) is 12.5. The Bertz CT molecular complexity index is 1830. The average molecular weight is 564 g/mol. The first-order chi connectivity index (χ1) is 20.2. The topological polar surface area (TPSA) is 108 Å². The highest BCUT2D eigenvalue weighted by Gasteiger charge is 2.64. The Balaban J connectivity index is 1.37. The van der Waals surface area contributed by atoms with Crippen LogP contribution < -0.4 is 4.74 Å². The molecule has 0 amide bonds. The monoisotopic (exact) mass is 563 g/mol. The van der Waals surface area contributed by atoms with Crippen LogP contribution in [0.1, 0.15) is 57.6 Å². The fraction of sp³-hybridized carbons (Fsp3) is 0.353. The molecule has 1 saturated heterocycles. The van der Waals surface area contributed by atoms with E-state index in [2.05, 4.69) is 40.5 Å². The van der Waals surface area contributed by atoms with Crippen molar-refractivity contribution in [2.24, 2.45) is 5.92 Å². The van der Waals surface area contributed by atoms with Gasteiger partial charge in [0.05, 0.1) is 5.56 Å². The lowest BCUT2D eigenvalue weighted by Gasteiger charge is -2.56. The number of aromatic carboxylic acids is 1. The summed E-state index contributed by atoms with van der Waals surface area (Å²) in [5.41, 5.74) is 7.37. The third kappa shape index (κ3) is 3.19. The van der Waals surface area contributed by atoms with E-state index in [4.69, 9.17) is 4.74 Å². The Morgan fingerprint density at radius 1 is 1.17 bits per heavy atom. The van der Waals surface area contributed by atoms with Crippen molar-refractivity contribution in [3.63, 3.8) is 0 Å². The lowest BCUT2D eigenvalue weighted by atomic mass is 9.52. The second-order valence-electron chi connectivity index (χ2n) is 12.5. The smallest absolute Gasteiger partial charge is 0.336 e. The van der Waals surface area contributed by atoms with Gasteiger partial charge in [0.1, 0.15) is 12.2 Å².